The summed E-state index contributed by atoms with van der Waals surface area (Å²) in [6.45, 7) is 2.83. The lowest BCUT2D eigenvalue weighted by Crippen LogP contribution is -2.51. The van der Waals surface area contributed by atoms with Gasteiger partial charge in [0.1, 0.15) is 12.4 Å². The van der Waals surface area contributed by atoms with Crippen molar-refractivity contribution in [1.29, 1.82) is 0 Å². The van der Waals surface area contributed by atoms with Gasteiger partial charge in [-0.2, -0.15) is 0 Å². The summed E-state index contributed by atoms with van der Waals surface area (Å²) in [5, 5.41) is 12.1. The number of carbonyl (C=O) groups excluding carboxylic acids is 1. The van der Waals surface area contributed by atoms with Crippen LogP contribution in [0.25, 0.3) is 0 Å². The van der Waals surface area contributed by atoms with Crippen LogP contribution in [0, 0.1) is 0 Å². The Morgan fingerprint density at radius 2 is 1.82 bits per heavy atom. The quantitative estimate of drug-likeness (QED) is 0.662. The van der Waals surface area contributed by atoms with Crippen LogP contribution in [0.2, 0.25) is 5.02 Å². The third-order valence-electron chi connectivity index (χ3n) is 5.01. The minimum atomic E-state index is -0.449. The monoisotopic (exact) mass is 396 g/mol. The van der Waals surface area contributed by atoms with Crippen LogP contribution in [0.15, 0.2) is 60.9 Å². The second kappa shape index (κ2) is 8.39. The van der Waals surface area contributed by atoms with Crippen molar-refractivity contribution in [1.82, 2.24) is 25.1 Å². The highest BCUT2D eigenvalue weighted by atomic mass is 35.5. The molecule has 1 aliphatic heterocycles. The number of hydrogen-bond donors (Lipinski definition) is 0. The van der Waals surface area contributed by atoms with Gasteiger partial charge in [-0.3, -0.25) is 4.79 Å². The minimum absolute atomic E-state index is 0.0434. The Kier molecular flexibility index (Phi) is 5.53. The van der Waals surface area contributed by atoms with Gasteiger partial charge in [0.25, 0.3) is 0 Å². The molecule has 1 aromatic heterocycles. The van der Waals surface area contributed by atoms with Gasteiger partial charge in [0, 0.05) is 43.3 Å². The van der Waals surface area contributed by atoms with E-state index in [9.17, 15) is 4.79 Å². The summed E-state index contributed by atoms with van der Waals surface area (Å²) in [4.78, 5) is 17.4. The lowest BCUT2D eigenvalue weighted by molar-refractivity contribution is -0.135. The van der Waals surface area contributed by atoms with Gasteiger partial charge in [0.05, 0.1) is 0 Å². The van der Waals surface area contributed by atoms with Gasteiger partial charge in [-0.1, -0.05) is 48.0 Å². The van der Waals surface area contributed by atoms with Crippen molar-refractivity contribution in [3.8, 4) is 0 Å². The molecule has 1 amide bonds. The van der Waals surface area contributed by atoms with Crippen molar-refractivity contribution in [2.75, 3.05) is 31.1 Å². The van der Waals surface area contributed by atoms with E-state index in [1.165, 1.54) is 6.33 Å². The first kappa shape index (κ1) is 18.4. The second-order valence-electron chi connectivity index (χ2n) is 6.79. The third-order valence-corrected chi connectivity index (χ3v) is 5.24. The molecule has 2 heterocycles. The molecule has 7 nitrogen and oxygen atoms in total. The van der Waals surface area contributed by atoms with Crippen molar-refractivity contribution in [2.45, 2.75) is 12.5 Å². The van der Waals surface area contributed by atoms with Gasteiger partial charge in [-0.15, -0.1) is 5.10 Å². The van der Waals surface area contributed by atoms with Crippen LogP contribution in [0.1, 0.15) is 11.6 Å². The molecular formula is C20H21ClN6O. The summed E-state index contributed by atoms with van der Waals surface area (Å²) >= 11 is 6.11. The first-order chi connectivity index (χ1) is 13.7. The minimum Gasteiger partial charge on any atom is -0.368 e. The highest BCUT2D eigenvalue weighted by Gasteiger charge is 2.29. The smallest absolute Gasteiger partial charge is 0.248 e. The van der Waals surface area contributed by atoms with Crippen molar-refractivity contribution in [3.05, 3.63) is 71.5 Å². The van der Waals surface area contributed by atoms with E-state index in [-0.39, 0.29) is 5.91 Å². The molecule has 3 aromatic rings. The second-order valence-corrected chi connectivity index (χ2v) is 7.22. The molecule has 0 saturated carbocycles. The maximum Gasteiger partial charge on any atom is 0.248 e. The van der Waals surface area contributed by atoms with Gasteiger partial charge in [0.15, 0.2) is 0 Å². The highest BCUT2D eigenvalue weighted by molar-refractivity contribution is 6.30. The fourth-order valence-corrected chi connectivity index (χ4v) is 3.70. The van der Waals surface area contributed by atoms with E-state index < -0.39 is 6.04 Å². The summed E-state index contributed by atoms with van der Waals surface area (Å²) < 4.78 is 1.55. The predicted octanol–water partition coefficient (Wildman–Crippen LogP) is 2.46. The molecule has 0 bridgehead atoms. The van der Waals surface area contributed by atoms with Crippen LogP contribution in [0.3, 0.4) is 0 Å². The fraction of sp³-hybridized carbons (Fsp3) is 0.300. The number of halogens is 1. The SMILES string of the molecule is O=C(C(Cc1ccccc1)n1cnnn1)N1CCN(c2cccc(Cl)c2)CC1. The number of anilines is 1. The van der Waals surface area contributed by atoms with Crippen LogP contribution in [-0.4, -0.2) is 57.2 Å². The molecule has 8 heteroatoms. The van der Waals surface area contributed by atoms with E-state index in [2.05, 4.69) is 20.4 Å². The summed E-state index contributed by atoms with van der Waals surface area (Å²) in [6.07, 6.45) is 2.06. The zero-order valence-electron chi connectivity index (χ0n) is 15.4. The normalized spacial score (nSPS) is 15.5. The zero-order valence-corrected chi connectivity index (χ0v) is 16.1. The number of amides is 1. The topological polar surface area (TPSA) is 67.2 Å². The van der Waals surface area contributed by atoms with Gasteiger partial charge in [-0.25, -0.2) is 4.68 Å². The summed E-state index contributed by atoms with van der Waals surface area (Å²) in [5.74, 6) is 0.0434. The van der Waals surface area contributed by atoms with E-state index in [1.54, 1.807) is 4.68 Å². The number of benzene rings is 2. The molecule has 144 valence electrons. The zero-order chi connectivity index (χ0) is 19.3. The number of hydrogen-bond acceptors (Lipinski definition) is 5. The van der Waals surface area contributed by atoms with E-state index in [0.717, 1.165) is 29.4 Å². The molecule has 0 radical (unpaired) electrons. The average Bonchev–Trinajstić information content (AvgIpc) is 3.27. The lowest BCUT2D eigenvalue weighted by Gasteiger charge is -2.37. The number of carbonyl (C=O) groups is 1. The molecule has 1 unspecified atom stereocenters. The Balaban J connectivity index is 1.46. The van der Waals surface area contributed by atoms with Gasteiger partial charge in [-0.05, 0) is 34.2 Å². The standard InChI is InChI=1S/C20H21ClN6O/c21-17-7-4-8-18(14-17)25-9-11-26(12-10-25)20(28)19(27-15-22-23-24-27)13-16-5-2-1-3-6-16/h1-8,14-15,19H,9-13H2. The Morgan fingerprint density at radius 3 is 2.50 bits per heavy atom. The van der Waals surface area contributed by atoms with Crippen molar-refractivity contribution in [3.63, 3.8) is 0 Å². The van der Waals surface area contributed by atoms with Crippen LogP contribution >= 0.6 is 11.6 Å². The van der Waals surface area contributed by atoms with Crippen LogP contribution in [0.5, 0.6) is 0 Å². The maximum atomic E-state index is 13.3. The fourth-order valence-electron chi connectivity index (χ4n) is 3.51. The lowest BCUT2D eigenvalue weighted by atomic mass is 10.0. The van der Waals surface area contributed by atoms with Crippen LogP contribution < -0.4 is 4.90 Å². The predicted molar refractivity (Wildman–Crippen MR) is 107 cm³/mol. The number of tetrazole rings is 1. The van der Waals surface area contributed by atoms with E-state index in [0.29, 0.717) is 19.5 Å². The van der Waals surface area contributed by atoms with Crippen molar-refractivity contribution >= 4 is 23.2 Å². The summed E-state index contributed by atoms with van der Waals surface area (Å²) in [7, 11) is 0. The molecule has 1 saturated heterocycles. The van der Waals surface area contributed by atoms with E-state index >= 15 is 0 Å². The molecule has 1 fully saturated rings. The van der Waals surface area contributed by atoms with Gasteiger partial charge < -0.3 is 9.80 Å². The number of piperazine rings is 1. The van der Waals surface area contributed by atoms with Gasteiger partial charge in [0.2, 0.25) is 5.91 Å². The highest BCUT2D eigenvalue weighted by Crippen LogP contribution is 2.22. The number of nitrogens with zero attached hydrogens (tertiary/aromatic N) is 6. The Bertz CT molecular complexity index is 909. The first-order valence-corrected chi connectivity index (χ1v) is 9.64. The Morgan fingerprint density at radius 1 is 1.04 bits per heavy atom. The summed E-state index contributed by atoms with van der Waals surface area (Å²) in [6, 6.07) is 17.3. The molecule has 1 atom stereocenters. The largest absolute Gasteiger partial charge is 0.368 e. The summed E-state index contributed by atoms with van der Waals surface area (Å²) in [5.41, 5.74) is 2.16. The van der Waals surface area contributed by atoms with Crippen LogP contribution in [-0.2, 0) is 11.2 Å². The Labute approximate surface area is 168 Å². The number of aromatic nitrogens is 4. The molecule has 0 N–H and O–H groups in total. The molecule has 1 aliphatic rings. The number of rotatable bonds is 5. The molecule has 4 rings (SSSR count). The van der Waals surface area contributed by atoms with E-state index in [1.807, 2.05) is 59.5 Å². The first-order valence-electron chi connectivity index (χ1n) is 9.26. The van der Waals surface area contributed by atoms with Crippen molar-refractivity contribution < 1.29 is 4.79 Å². The van der Waals surface area contributed by atoms with Crippen molar-refractivity contribution in [2.24, 2.45) is 0 Å². The molecule has 28 heavy (non-hydrogen) atoms. The molecular weight excluding hydrogens is 376 g/mol. The van der Waals surface area contributed by atoms with Gasteiger partial charge >= 0.3 is 0 Å². The molecule has 0 aliphatic carbocycles. The maximum absolute atomic E-state index is 13.3. The van der Waals surface area contributed by atoms with Crippen LogP contribution in [0.4, 0.5) is 5.69 Å². The third kappa shape index (κ3) is 4.14. The molecule has 0 spiro atoms. The average molecular weight is 397 g/mol. The van der Waals surface area contributed by atoms with E-state index in [4.69, 9.17) is 11.6 Å². The Hall–Kier alpha value is -2.93. The molecule has 2 aromatic carbocycles.